The van der Waals surface area contributed by atoms with Gasteiger partial charge in [0, 0.05) is 11.3 Å². The maximum Gasteiger partial charge on any atom is 0.192 e. The van der Waals surface area contributed by atoms with Crippen LogP contribution in [-0.2, 0) is 25.6 Å². The molecule has 1 aromatic carbocycles. The molecule has 0 aromatic heterocycles. The molecule has 0 amide bonds. The molecule has 1 aromatic rings. The maximum absolute atomic E-state index is 15.0. The van der Waals surface area contributed by atoms with Gasteiger partial charge in [0.2, 0.25) is 0 Å². The van der Waals surface area contributed by atoms with Gasteiger partial charge in [0.15, 0.2) is 8.32 Å². The second-order valence-electron chi connectivity index (χ2n) is 10.7. The minimum Gasteiger partial charge on any atom is -0.411 e. The predicted molar refractivity (Wildman–Crippen MR) is 121 cm³/mol. The molecule has 0 radical (unpaired) electrons. The monoisotopic (exact) mass is 443 g/mol. The molecule has 4 atom stereocenters. The minimum atomic E-state index is -2.04. The van der Waals surface area contributed by atoms with Crippen LogP contribution in [0.25, 0.3) is 0 Å². The standard InChI is InChI=1S/C22H38FNO3SSi/c1-20(2,3)29(7,8)27-19-14-26-13-17(19)22(6,15-21(4,5)28(24)25)16-11-9-10-12-18(16)23/h9-12,17,19H,13-15,24H2,1-8H3/t17-,19+,22+,28?/m0/s1. The van der Waals surface area contributed by atoms with Crippen molar-refractivity contribution >= 4 is 19.3 Å². The van der Waals surface area contributed by atoms with Crippen LogP contribution in [0.15, 0.2) is 24.3 Å². The Labute approximate surface area is 179 Å². The van der Waals surface area contributed by atoms with Crippen molar-refractivity contribution in [3.8, 4) is 0 Å². The number of ether oxygens (including phenoxy) is 1. The fourth-order valence-corrected chi connectivity index (χ4v) is 5.89. The van der Waals surface area contributed by atoms with Gasteiger partial charge in [-0.05, 0) is 50.0 Å². The summed E-state index contributed by atoms with van der Waals surface area (Å²) in [5.74, 6) is -0.317. The van der Waals surface area contributed by atoms with Gasteiger partial charge < -0.3 is 9.16 Å². The molecular weight excluding hydrogens is 405 g/mol. The Balaban J connectivity index is 2.50. The van der Waals surface area contributed by atoms with Crippen molar-refractivity contribution in [1.29, 1.82) is 0 Å². The largest absolute Gasteiger partial charge is 0.411 e. The highest BCUT2D eigenvalue weighted by atomic mass is 32.2. The Kier molecular flexibility index (Phi) is 7.23. The first-order valence-corrected chi connectivity index (χ1v) is 14.4. The summed E-state index contributed by atoms with van der Waals surface area (Å²) >= 11 is 0. The van der Waals surface area contributed by atoms with Crippen LogP contribution >= 0.6 is 0 Å². The second kappa shape index (κ2) is 8.50. The van der Waals surface area contributed by atoms with E-state index in [0.717, 1.165) is 0 Å². The van der Waals surface area contributed by atoms with Crippen molar-refractivity contribution in [2.24, 2.45) is 11.1 Å². The molecule has 0 bridgehead atoms. The van der Waals surface area contributed by atoms with Crippen LogP contribution in [-0.4, -0.2) is 36.6 Å². The van der Waals surface area contributed by atoms with Crippen molar-refractivity contribution < 1.29 is 17.8 Å². The van der Waals surface area contributed by atoms with Gasteiger partial charge in [-0.15, -0.1) is 0 Å². The first-order valence-electron chi connectivity index (χ1n) is 10.3. The van der Waals surface area contributed by atoms with Gasteiger partial charge in [-0.2, -0.15) is 0 Å². The van der Waals surface area contributed by atoms with E-state index in [9.17, 15) is 8.60 Å². The molecule has 1 aliphatic rings. The number of halogens is 1. The quantitative estimate of drug-likeness (QED) is 0.609. The molecule has 2 N–H and O–H groups in total. The fourth-order valence-electron chi connectivity index (χ4n) is 4.11. The van der Waals surface area contributed by atoms with Crippen LogP contribution in [0.2, 0.25) is 18.1 Å². The summed E-state index contributed by atoms with van der Waals surface area (Å²) < 4.78 is 39.2. The van der Waals surface area contributed by atoms with E-state index in [-0.39, 0.29) is 22.9 Å². The van der Waals surface area contributed by atoms with E-state index in [1.807, 2.05) is 32.9 Å². The predicted octanol–water partition coefficient (Wildman–Crippen LogP) is 4.91. The van der Waals surface area contributed by atoms with Gasteiger partial charge in [-0.3, -0.25) is 5.14 Å². The van der Waals surface area contributed by atoms with Crippen molar-refractivity contribution in [1.82, 2.24) is 0 Å². The molecule has 1 fully saturated rings. The first kappa shape index (κ1) is 24.7. The van der Waals surface area contributed by atoms with Gasteiger partial charge in [-0.1, -0.05) is 45.9 Å². The summed E-state index contributed by atoms with van der Waals surface area (Å²) in [5, 5.41) is 5.87. The summed E-state index contributed by atoms with van der Waals surface area (Å²) in [6.07, 6.45) is 0.331. The topological polar surface area (TPSA) is 61.6 Å². The number of rotatable bonds is 7. The lowest BCUT2D eigenvalue weighted by atomic mass is 9.66. The normalized spacial score (nSPS) is 24.3. The smallest absolute Gasteiger partial charge is 0.192 e. The third kappa shape index (κ3) is 5.18. The summed E-state index contributed by atoms with van der Waals surface area (Å²) in [6.45, 7) is 17.8. The van der Waals surface area contributed by atoms with Crippen LogP contribution in [0.4, 0.5) is 4.39 Å². The lowest BCUT2D eigenvalue weighted by Gasteiger charge is -2.45. The highest BCUT2D eigenvalue weighted by molar-refractivity contribution is 7.84. The van der Waals surface area contributed by atoms with Gasteiger partial charge in [0.05, 0.1) is 35.1 Å². The van der Waals surface area contributed by atoms with E-state index >= 15 is 0 Å². The summed E-state index contributed by atoms with van der Waals surface area (Å²) in [6, 6.07) is 6.86. The summed E-state index contributed by atoms with van der Waals surface area (Å²) in [7, 11) is -3.59. The maximum atomic E-state index is 15.0. The van der Waals surface area contributed by atoms with E-state index < -0.39 is 29.5 Å². The molecule has 2 rings (SSSR count). The lowest BCUT2D eigenvalue weighted by Crippen LogP contribution is -2.51. The van der Waals surface area contributed by atoms with Crippen LogP contribution in [0, 0.1) is 11.7 Å². The molecule has 1 heterocycles. The van der Waals surface area contributed by atoms with Crippen molar-refractivity contribution in [3.63, 3.8) is 0 Å². The Hall–Kier alpha value is -0.603. The zero-order valence-electron chi connectivity index (χ0n) is 19.2. The number of nitrogens with two attached hydrogens (primary N) is 1. The molecule has 0 saturated carbocycles. The molecule has 0 spiro atoms. The number of hydrogen-bond acceptors (Lipinski definition) is 3. The molecule has 0 aliphatic carbocycles. The zero-order valence-corrected chi connectivity index (χ0v) is 21.0. The molecule has 4 nitrogen and oxygen atoms in total. The first-order chi connectivity index (χ1) is 13.1. The fraction of sp³-hybridized carbons (Fsp3) is 0.727. The SMILES string of the molecule is CC(C)(C[C@](C)(c1ccccc1F)[C@H]1COC[C@H]1O[Si](C)(C)C(C)(C)C)S(N)=O. The zero-order chi connectivity index (χ0) is 22.3. The molecule has 29 heavy (non-hydrogen) atoms. The molecule has 1 aliphatic heterocycles. The highest BCUT2D eigenvalue weighted by Crippen LogP contribution is 2.47. The Morgan fingerprint density at radius 1 is 1.17 bits per heavy atom. The Morgan fingerprint density at radius 3 is 2.28 bits per heavy atom. The number of hydrogen-bond donors (Lipinski definition) is 1. The van der Waals surface area contributed by atoms with E-state index in [1.54, 1.807) is 6.07 Å². The Morgan fingerprint density at radius 2 is 1.76 bits per heavy atom. The van der Waals surface area contributed by atoms with Crippen molar-refractivity contribution in [2.75, 3.05) is 13.2 Å². The van der Waals surface area contributed by atoms with Gasteiger partial charge in [0.1, 0.15) is 5.82 Å². The summed E-state index contributed by atoms with van der Waals surface area (Å²) in [5.41, 5.74) is -0.0224. The third-order valence-corrected chi connectivity index (χ3v) is 12.7. The highest BCUT2D eigenvalue weighted by Gasteiger charge is 2.51. The van der Waals surface area contributed by atoms with E-state index in [0.29, 0.717) is 25.2 Å². The molecule has 1 unspecified atom stereocenters. The summed E-state index contributed by atoms with van der Waals surface area (Å²) in [4.78, 5) is 0. The van der Waals surface area contributed by atoms with Gasteiger partial charge >= 0.3 is 0 Å². The van der Waals surface area contributed by atoms with Crippen LogP contribution < -0.4 is 5.14 Å². The van der Waals surface area contributed by atoms with Crippen molar-refractivity contribution in [3.05, 3.63) is 35.6 Å². The van der Waals surface area contributed by atoms with E-state index in [1.165, 1.54) is 6.07 Å². The second-order valence-corrected chi connectivity index (χ2v) is 17.1. The van der Waals surface area contributed by atoms with E-state index in [4.69, 9.17) is 14.3 Å². The third-order valence-electron chi connectivity index (χ3n) is 6.93. The van der Waals surface area contributed by atoms with Gasteiger partial charge in [-0.25, -0.2) is 8.60 Å². The van der Waals surface area contributed by atoms with Crippen LogP contribution in [0.5, 0.6) is 0 Å². The molecule has 1 saturated heterocycles. The van der Waals surface area contributed by atoms with Crippen LogP contribution in [0.3, 0.4) is 0 Å². The van der Waals surface area contributed by atoms with Crippen LogP contribution in [0.1, 0.15) is 53.5 Å². The van der Waals surface area contributed by atoms with Gasteiger partial charge in [0.25, 0.3) is 0 Å². The lowest BCUT2D eigenvalue weighted by molar-refractivity contribution is 0.0971. The van der Waals surface area contributed by atoms with E-state index in [2.05, 4.69) is 33.9 Å². The average Bonchev–Trinajstić information content (AvgIpc) is 3.01. The minimum absolute atomic E-state index is 0.0589. The Bertz CT molecular complexity index is 750. The molecule has 166 valence electrons. The number of benzene rings is 1. The average molecular weight is 444 g/mol. The van der Waals surface area contributed by atoms with Crippen molar-refractivity contribution in [2.45, 2.75) is 82.4 Å². The molecular formula is C22H38FNO3SSi. The molecule has 7 heteroatoms.